The molecule has 1 aliphatic heterocycles. The van der Waals surface area contributed by atoms with E-state index in [0.717, 1.165) is 24.2 Å². The molecule has 0 unspecified atom stereocenters. The van der Waals surface area contributed by atoms with Gasteiger partial charge in [0.05, 0.1) is 24.6 Å². The third-order valence-corrected chi connectivity index (χ3v) is 4.47. The number of hydrogen-bond donors (Lipinski definition) is 1. The first-order valence-electron chi connectivity index (χ1n) is 8.06. The fourth-order valence-corrected chi connectivity index (χ4v) is 3.07. The zero-order valence-corrected chi connectivity index (χ0v) is 13.5. The second-order valence-electron chi connectivity index (χ2n) is 6.01. The second-order valence-corrected chi connectivity index (χ2v) is 6.01. The number of hydrogen-bond acceptors (Lipinski definition) is 4. The Labute approximate surface area is 139 Å². The number of nitrogens with zero attached hydrogens (tertiary/aromatic N) is 2. The lowest BCUT2D eigenvalue weighted by molar-refractivity contribution is -0.143. The van der Waals surface area contributed by atoms with Crippen LogP contribution in [0.4, 0.5) is 4.39 Å². The Morgan fingerprint density at radius 2 is 2.08 bits per heavy atom. The molecule has 6 nitrogen and oxygen atoms in total. The van der Waals surface area contributed by atoms with Crippen molar-refractivity contribution in [2.45, 2.75) is 31.6 Å². The Balaban J connectivity index is 1.57. The van der Waals surface area contributed by atoms with Gasteiger partial charge in [-0.05, 0) is 31.0 Å². The van der Waals surface area contributed by atoms with E-state index in [-0.39, 0.29) is 36.5 Å². The minimum atomic E-state index is -0.368. The number of aromatic nitrogens is 2. The first-order chi connectivity index (χ1) is 11.6. The molecule has 0 aliphatic carbocycles. The lowest BCUT2D eigenvalue weighted by Crippen LogP contribution is -2.38. The van der Waals surface area contributed by atoms with Gasteiger partial charge in [0, 0.05) is 25.4 Å². The maximum absolute atomic E-state index is 13.3. The molecule has 1 N–H and O–H groups in total. The number of benzene rings is 1. The molecule has 2 heterocycles. The molecule has 1 amide bonds. The summed E-state index contributed by atoms with van der Waals surface area (Å²) in [5.41, 5.74) is 1.45. The Kier molecular flexibility index (Phi) is 4.78. The number of methoxy groups -OCH3 is 1. The van der Waals surface area contributed by atoms with Crippen LogP contribution in [0.25, 0.3) is 11.0 Å². The number of amides is 1. The summed E-state index contributed by atoms with van der Waals surface area (Å²) in [7, 11) is 1.32. The van der Waals surface area contributed by atoms with E-state index in [2.05, 4.69) is 14.7 Å². The predicted molar refractivity (Wildman–Crippen MR) is 85.9 cm³/mol. The maximum Gasteiger partial charge on any atom is 0.306 e. The maximum atomic E-state index is 13.3. The van der Waals surface area contributed by atoms with Crippen LogP contribution in [0.3, 0.4) is 0 Å². The average Bonchev–Trinajstić information content (AvgIpc) is 3.02. The van der Waals surface area contributed by atoms with E-state index in [1.54, 1.807) is 11.0 Å². The molecule has 1 fully saturated rings. The minimum Gasteiger partial charge on any atom is -0.469 e. The van der Waals surface area contributed by atoms with E-state index in [1.165, 1.54) is 19.2 Å². The van der Waals surface area contributed by atoms with Gasteiger partial charge in [-0.2, -0.15) is 0 Å². The Morgan fingerprint density at radius 3 is 2.79 bits per heavy atom. The highest BCUT2D eigenvalue weighted by Gasteiger charge is 2.26. The first kappa shape index (κ1) is 16.4. The van der Waals surface area contributed by atoms with Crippen LogP contribution >= 0.6 is 0 Å². The zero-order chi connectivity index (χ0) is 17.1. The van der Waals surface area contributed by atoms with Gasteiger partial charge < -0.3 is 14.6 Å². The topological polar surface area (TPSA) is 75.3 Å². The summed E-state index contributed by atoms with van der Waals surface area (Å²) >= 11 is 0. The molecule has 24 heavy (non-hydrogen) atoms. The SMILES string of the molecule is COC(=O)CCC(=O)N1CCC(c2nc3ccc(F)cc3[nH]2)CC1. The summed E-state index contributed by atoms with van der Waals surface area (Å²) in [4.78, 5) is 32.7. The quantitative estimate of drug-likeness (QED) is 0.872. The number of carbonyl (C=O) groups is 2. The van der Waals surface area contributed by atoms with E-state index in [9.17, 15) is 14.0 Å². The van der Waals surface area contributed by atoms with Crippen LogP contribution in [0.15, 0.2) is 18.2 Å². The monoisotopic (exact) mass is 333 g/mol. The van der Waals surface area contributed by atoms with Gasteiger partial charge in [0.25, 0.3) is 0 Å². The first-order valence-corrected chi connectivity index (χ1v) is 8.06. The molecule has 1 aromatic heterocycles. The van der Waals surface area contributed by atoms with E-state index < -0.39 is 0 Å². The van der Waals surface area contributed by atoms with E-state index in [4.69, 9.17) is 0 Å². The Hall–Kier alpha value is -2.44. The minimum absolute atomic E-state index is 0.0227. The fourth-order valence-electron chi connectivity index (χ4n) is 3.07. The third-order valence-electron chi connectivity index (χ3n) is 4.47. The van der Waals surface area contributed by atoms with Crippen molar-refractivity contribution < 1.29 is 18.7 Å². The molecule has 128 valence electrons. The number of carbonyl (C=O) groups excluding carboxylic acids is 2. The summed E-state index contributed by atoms with van der Waals surface area (Å²) in [6.07, 6.45) is 1.89. The van der Waals surface area contributed by atoms with Gasteiger partial charge >= 0.3 is 5.97 Å². The number of halogens is 1. The van der Waals surface area contributed by atoms with Gasteiger partial charge in [-0.1, -0.05) is 0 Å². The van der Waals surface area contributed by atoms with Crippen LogP contribution in [0, 0.1) is 5.82 Å². The summed E-state index contributed by atoms with van der Waals surface area (Å²) in [5.74, 6) is 0.393. The molecule has 7 heteroatoms. The number of imidazole rings is 1. The molecule has 0 spiro atoms. The van der Waals surface area contributed by atoms with Crippen LogP contribution in [0.2, 0.25) is 0 Å². The number of ether oxygens (including phenoxy) is 1. The van der Waals surface area contributed by atoms with Crippen molar-refractivity contribution in [2.75, 3.05) is 20.2 Å². The number of aromatic amines is 1. The van der Waals surface area contributed by atoms with Crippen LogP contribution < -0.4 is 0 Å². The van der Waals surface area contributed by atoms with Gasteiger partial charge in [0.15, 0.2) is 0 Å². The van der Waals surface area contributed by atoms with E-state index in [0.29, 0.717) is 18.6 Å². The van der Waals surface area contributed by atoms with Crippen molar-refractivity contribution in [3.63, 3.8) is 0 Å². The van der Waals surface area contributed by atoms with Gasteiger partial charge in [-0.15, -0.1) is 0 Å². The highest BCUT2D eigenvalue weighted by Crippen LogP contribution is 2.28. The number of fused-ring (bicyclic) bond motifs is 1. The normalized spacial score (nSPS) is 15.7. The van der Waals surface area contributed by atoms with Gasteiger partial charge in [0.2, 0.25) is 5.91 Å². The molecule has 0 saturated carbocycles. The number of H-pyrrole nitrogens is 1. The lowest BCUT2D eigenvalue weighted by Gasteiger charge is -2.31. The van der Waals surface area contributed by atoms with Gasteiger partial charge in [0.1, 0.15) is 11.6 Å². The van der Waals surface area contributed by atoms with Crippen molar-refractivity contribution >= 4 is 22.9 Å². The van der Waals surface area contributed by atoms with Crippen molar-refractivity contribution in [1.82, 2.24) is 14.9 Å². The van der Waals surface area contributed by atoms with E-state index >= 15 is 0 Å². The Bertz CT molecular complexity index is 751. The van der Waals surface area contributed by atoms with Crippen LogP contribution in [-0.4, -0.2) is 46.9 Å². The third kappa shape index (κ3) is 3.55. The standard InChI is InChI=1S/C17H20FN3O3/c1-24-16(23)5-4-15(22)21-8-6-11(7-9-21)17-19-13-3-2-12(18)10-14(13)20-17/h2-3,10-11H,4-9H2,1H3,(H,19,20). The van der Waals surface area contributed by atoms with Gasteiger partial charge in [-0.25, -0.2) is 9.37 Å². The largest absolute Gasteiger partial charge is 0.469 e. The number of nitrogens with one attached hydrogen (secondary N) is 1. The molecule has 2 aromatic rings. The second kappa shape index (κ2) is 6.98. The van der Waals surface area contributed by atoms with Crippen LogP contribution in [-0.2, 0) is 14.3 Å². The Morgan fingerprint density at radius 1 is 1.33 bits per heavy atom. The molecular weight excluding hydrogens is 313 g/mol. The molecular formula is C17H20FN3O3. The molecule has 1 saturated heterocycles. The fraction of sp³-hybridized carbons (Fsp3) is 0.471. The van der Waals surface area contributed by atoms with Crippen molar-refractivity contribution in [2.24, 2.45) is 0 Å². The average molecular weight is 333 g/mol. The van der Waals surface area contributed by atoms with E-state index in [1.807, 2.05) is 0 Å². The summed E-state index contributed by atoms with van der Waals surface area (Å²) in [6.45, 7) is 1.27. The summed E-state index contributed by atoms with van der Waals surface area (Å²) in [5, 5.41) is 0. The van der Waals surface area contributed by atoms with Gasteiger partial charge in [-0.3, -0.25) is 9.59 Å². The number of rotatable bonds is 4. The van der Waals surface area contributed by atoms with Crippen molar-refractivity contribution in [3.8, 4) is 0 Å². The molecule has 3 rings (SSSR count). The van der Waals surface area contributed by atoms with Crippen molar-refractivity contribution in [3.05, 3.63) is 29.8 Å². The smallest absolute Gasteiger partial charge is 0.306 e. The summed E-state index contributed by atoms with van der Waals surface area (Å²) in [6, 6.07) is 4.50. The summed E-state index contributed by atoms with van der Waals surface area (Å²) < 4.78 is 17.8. The number of likely N-dealkylation sites (tertiary alicyclic amines) is 1. The predicted octanol–water partition coefficient (Wildman–Crippen LogP) is 2.36. The molecule has 0 atom stereocenters. The number of esters is 1. The highest BCUT2D eigenvalue weighted by atomic mass is 19.1. The molecule has 0 bridgehead atoms. The molecule has 1 aromatic carbocycles. The molecule has 0 radical (unpaired) electrons. The molecule has 1 aliphatic rings. The lowest BCUT2D eigenvalue weighted by atomic mass is 9.96. The van der Waals surface area contributed by atoms with Crippen LogP contribution in [0.1, 0.15) is 37.4 Å². The van der Waals surface area contributed by atoms with Crippen molar-refractivity contribution in [1.29, 1.82) is 0 Å². The highest BCUT2D eigenvalue weighted by molar-refractivity contribution is 5.81. The van der Waals surface area contributed by atoms with Crippen LogP contribution in [0.5, 0.6) is 0 Å². The number of piperidine rings is 1. The zero-order valence-electron chi connectivity index (χ0n) is 13.5.